The molecular formula is C18H27N3O3S. The summed E-state index contributed by atoms with van der Waals surface area (Å²) in [6.07, 6.45) is 6.07. The van der Waals surface area contributed by atoms with E-state index in [9.17, 15) is 13.2 Å². The highest BCUT2D eigenvalue weighted by Crippen LogP contribution is 2.31. The van der Waals surface area contributed by atoms with Gasteiger partial charge in [0, 0.05) is 31.7 Å². The van der Waals surface area contributed by atoms with E-state index in [1.807, 2.05) is 6.07 Å². The molecule has 2 aliphatic rings. The van der Waals surface area contributed by atoms with E-state index in [1.165, 1.54) is 6.92 Å². The van der Waals surface area contributed by atoms with Crippen LogP contribution in [0.15, 0.2) is 23.1 Å². The fourth-order valence-corrected chi connectivity index (χ4v) is 5.35. The standard InChI is InChI=1S/C18H27N3O3S/c1-13(22)21-10-4-7-15-8-9-16(11-18(15)21)25(23,24)20-17(12-19)14-5-2-3-6-14/h8-9,11,14,17,20H,2-7,10,12,19H2,1H3. The molecule has 1 atom stereocenters. The van der Waals surface area contributed by atoms with Gasteiger partial charge in [0.1, 0.15) is 0 Å². The third-order valence-corrected chi connectivity index (χ3v) is 6.88. The number of amides is 1. The number of carbonyl (C=O) groups excluding carboxylic acids is 1. The molecule has 7 heteroatoms. The maximum absolute atomic E-state index is 12.9. The van der Waals surface area contributed by atoms with Crippen LogP contribution < -0.4 is 15.4 Å². The molecule has 1 aromatic carbocycles. The lowest BCUT2D eigenvalue weighted by molar-refractivity contribution is -0.116. The van der Waals surface area contributed by atoms with Crippen LogP contribution in [0.4, 0.5) is 5.69 Å². The van der Waals surface area contributed by atoms with Crippen LogP contribution in [0.5, 0.6) is 0 Å². The maximum Gasteiger partial charge on any atom is 0.240 e. The van der Waals surface area contributed by atoms with Gasteiger partial charge >= 0.3 is 0 Å². The van der Waals surface area contributed by atoms with Crippen molar-refractivity contribution in [3.8, 4) is 0 Å². The van der Waals surface area contributed by atoms with Gasteiger partial charge in [-0.1, -0.05) is 18.9 Å². The van der Waals surface area contributed by atoms with E-state index in [2.05, 4.69) is 4.72 Å². The number of anilines is 1. The SMILES string of the molecule is CC(=O)N1CCCc2ccc(S(=O)(=O)NC(CN)C3CCCC3)cc21. The average molecular weight is 365 g/mol. The minimum absolute atomic E-state index is 0.0609. The summed E-state index contributed by atoms with van der Waals surface area (Å²) in [4.78, 5) is 13.7. The number of rotatable bonds is 5. The summed E-state index contributed by atoms with van der Waals surface area (Å²) in [5.74, 6) is 0.250. The van der Waals surface area contributed by atoms with Gasteiger partial charge in [0.2, 0.25) is 15.9 Å². The van der Waals surface area contributed by atoms with Crippen molar-refractivity contribution in [1.29, 1.82) is 0 Å². The van der Waals surface area contributed by atoms with E-state index in [0.29, 0.717) is 24.7 Å². The van der Waals surface area contributed by atoms with Crippen molar-refractivity contribution in [1.82, 2.24) is 4.72 Å². The number of hydrogen-bond acceptors (Lipinski definition) is 4. The van der Waals surface area contributed by atoms with Crippen LogP contribution in [-0.2, 0) is 21.2 Å². The molecule has 0 bridgehead atoms. The summed E-state index contributed by atoms with van der Waals surface area (Å²) in [5.41, 5.74) is 7.57. The predicted octanol–water partition coefficient (Wildman–Crippen LogP) is 1.78. The predicted molar refractivity (Wildman–Crippen MR) is 97.9 cm³/mol. The number of aryl methyl sites for hydroxylation is 1. The second kappa shape index (κ2) is 7.43. The van der Waals surface area contributed by atoms with E-state index in [1.54, 1.807) is 17.0 Å². The van der Waals surface area contributed by atoms with Crippen LogP contribution in [0.1, 0.15) is 44.6 Å². The van der Waals surface area contributed by atoms with Crippen molar-refractivity contribution < 1.29 is 13.2 Å². The molecule has 1 fully saturated rings. The highest BCUT2D eigenvalue weighted by Gasteiger charge is 2.29. The maximum atomic E-state index is 12.9. The van der Waals surface area contributed by atoms with Crippen molar-refractivity contribution in [2.75, 3.05) is 18.0 Å². The van der Waals surface area contributed by atoms with Crippen LogP contribution in [-0.4, -0.2) is 33.5 Å². The zero-order chi connectivity index (χ0) is 18.0. The van der Waals surface area contributed by atoms with Gasteiger partial charge in [0.05, 0.1) is 4.90 Å². The molecule has 1 unspecified atom stereocenters. The van der Waals surface area contributed by atoms with E-state index in [4.69, 9.17) is 5.73 Å². The normalized spacial score (nSPS) is 19.7. The van der Waals surface area contributed by atoms with Gasteiger partial charge in [-0.05, 0) is 49.3 Å². The first-order chi connectivity index (χ1) is 11.9. The van der Waals surface area contributed by atoms with E-state index in [-0.39, 0.29) is 16.8 Å². The Morgan fingerprint density at radius 2 is 2.04 bits per heavy atom. The summed E-state index contributed by atoms with van der Waals surface area (Å²) in [6, 6.07) is 4.85. The molecule has 1 saturated carbocycles. The number of nitrogens with zero attached hydrogens (tertiary/aromatic N) is 1. The largest absolute Gasteiger partial charge is 0.329 e. The van der Waals surface area contributed by atoms with Gasteiger partial charge < -0.3 is 10.6 Å². The molecule has 1 aromatic rings. The highest BCUT2D eigenvalue weighted by molar-refractivity contribution is 7.89. The number of carbonyl (C=O) groups is 1. The molecule has 1 aliphatic carbocycles. The van der Waals surface area contributed by atoms with Gasteiger partial charge in [0.25, 0.3) is 0 Å². The van der Waals surface area contributed by atoms with Crippen molar-refractivity contribution in [3.05, 3.63) is 23.8 Å². The fraction of sp³-hybridized carbons (Fsp3) is 0.611. The third-order valence-electron chi connectivity index (χ3n) is 5.40. The molecular weight excluding hydrogens is 338 g/mol. The molecule has 25 heavy (non-hydrogen) atoms. The summed E-state index contributed by atoms with van der Waals surface area (Å²) < 4.78 is 28.5. The second-order valence-electron chi connectivity index (χ2n) is 7.07. The number of nitrogens with one attached hydrogen (secondary N) is 1. The Balaban J connectivity index is 1.87. The first-order valence-electron chi connectivity index (χ1n) is 9.06. The van der Waals surface area contributed by atoms with Crippen molar-refractivity contribution in [3.63, 3.8) is 0 Å². The van der Waals surface area contributed by atoms with Crippen LogP contribution in [0.2, 0.25) is 0 Å². The molecule has 1 heterocycles. The van der Waals surface area contributed by atoms with Gasteiger partial charge in [0.15, 0.2) is 0 Å². The molecule has 0 radical (unpaired) electrons. The quantitative estimate of drug-likeness (QED) is 0.832. The molecule has 0 saturated heterocycles. The smallest absolute Gasteiger partial charge is 0.240 e. The second-order valence-corrected chi connectivity index (χ2v) is 8.79. The summed E-state index contributed by atoms with van der Waals surface area (Å²) in [5, 5.41) is 0. The molecule has 3 N–H and O–H groups in total. The van der Waals surface area contributed by atoms with Gasteiger partial charge in [-0.3, -0.25) is 4.79 Å². The van der Waals surface area contributed by atoms with E-state index < -0.39 is 10.0 Å². The first-order valence-corrected chi connectivity index (χ1v) is 10.5. The molecule has 1 amide bonds. The lowest BCUT2D eigenvalue weighted by Crippen LogP contribution is -2.44. The fourth-order valence-electron chi connectivity index (χ4n) is 4.01. The van der Waals surface area contributed by atoms with Crippen LogP contribution in [0.25, 0.3) is 0 Å². The Morgan fingerprint density at radius 1 is 1.32 bits per heavy atom. The number of sulfonamides is 1. The summed E-state index contributed by atoms with van der Waals surface area (Å²) in [7, 11) is -3.66. The van der Waals surface area contributed by atoms with Gasteiger partial charge in [-0.2, -0.15) is 0 Å². The Hall–Kier alpha value is -1.44. The lowest BCUT2D eigenvalue weighted by Gasteiger charge is -2.29. The minimum atomic E-state index is -3.66. The van der Waals surface area contributed by atoms with Gasteiger partial charge in [-0.15, -0.1) is 0 Å². The highest BCUT2D eigenvalue weighted by atomic mass is 32.2. The molecule has 138 valence electrons. The van der Waals surface area contributed by atoms with Crippen molar-refractivity contribution >= 4 is 21.6 Å². The molecule has 0 aromatic heterocycles. The third kappa shape index (κ3) is 3.88. The zero-order valence-corrected chi connectivity index (χ0v) is 15.5. The molecule has 3 rings (SSSR count). The van der Waals surface area contributed by atoms with Crippen molar-refractivity contribution in [2.45, 2.75) is 56.4 Å². The number of nitrogens with two attached hydrogens (primary N) is 1. The van der Waals surface area contributed by atoms with Crippen LogP contribution in [0.3, 0.4) is 0 Å². The topological polar surface area (TPSA) is 92.5 Å². The Kier molecular flexibility index (Phi) is 5.46. The van der Waals surface area contributed by atoms with Crippen LogP contribution >= 0.6 is 0 Å². The summed E-state index contributed by atoms with van der Waals surface area (Å²) in [6.45, 7) is 2.44. The van der Waals surface area contributed by atoms with E-state index in [0.717, 1.165) is 44.1 Å². The average Bonchev–Trinajstić information content (AvgIpc) is 3.13. The minimum Gasteiger partial charge on any atom is -0.329 e. The number of hydrogen-bond donors (Lipinski definition) is 2. The number of benzene rings is 1. The number of fused-ring (bicyclic) bond motifs is 1. The Bertz CT molecular complexity index is 742. The van der Waals surface area contributed by atoms with Crippen LogP contribution in [0, 0.1) is 5.92 Å². The summed E-state index contributed by atoms with van der Waals surface area (Å²) >= 11 is 0. The van der Waals surface area contributed by atoms with Gasteiger partial charge in [-0.25, -0.2) is 13.1 Å². The monoisotopic (exact) mass is 365 g/mol. The zero-order valence-electron chi connectivity index (χ0n) is 14.7. The molecule has 1 aliphatic heterocycles. The van der Waals surface area contributed by atoms with E-state index >= 15 is 0 Å². The Labute approximate surface area is 149 Å². The van der Waals surface area contributed by atoms with Crippen molar-refractivity contribution in [2.24, 2.45) is 11.7 Å². The molecule has 6 nitrogen and oxygen atoms in total. The molecule has 0 spiro atoms. The first kappa shape index (κ1) is 18.4. The Morgan fingerprint density at radius 3 is 2.68 bits per heavy atom. The lowest BCUT2D eigenvalue weighted by atomic mass is 9.99.